The zero-order chi connectivity index (χ0) is 19.6. The van der Waals surface area contributed by atoms with Gasteiger partial charge in [-0.25, -0.2) is 0 Å². The molecule has 0 aromatic heterocycles. The van der Waals surface area contributed by atoms with E-state index in [-0.39, 0.29) is 17.7 Å². The first kappa shape index (κ1) is 19.2. The summed E-state index contributed by atoms with van der Waals surface area (Å²) in [6.07, 6.45) is 3.64. The monoisotopic (exact) mass is 382 g/mol. The van der Waals surface area contributed by atoms with Crippen LogP contribution in [0, 0.1) is 6.92 Å². The highest BCUT2D eigenvalue weighted by atomic mass is 32.2. The van der Waals surface area contributed by atoms with Crippen LogP contribution in [0.5, 0.6) is 0 Å². The number of hydrogen-bond donors (Lipinski definition) is 1. The minimum absolute atomic E-state index is 0.279. The Kier molecular flexibility index (Phi) is 5.65. The molecule has 3 rings (SSSR count). The van der Waals surface area contributed by atoms with Crippen molar-refractivity contribution >= 4 is 35.2 Å². The second-order valence-corrected chi connectivity index (χ2v) is 7.39. The molecule has 1 aliphatic heterocycles. The number of nitrogens with zero attached hydrogens (tertiary/aromatic N) is 1. The van der Waals surface area contributed by atoms with Gasteiger partial charge in [-0.3, -0.25) is 19.3 Å². The Balaban J connectivity index is 1.84. The summed E-state index contributed by atoms with van der Waals surface area (Å²) in [7, 11) is 0. The van der Waals surface area contributed by atoms with Crippen LogP contribution in [-0.2, 0) is 0 Å². The van der Waals surface area contributed by atoms with E-state index in [1.54, 1.807) is 23.9 Å². The van der Waals surface area contributed by atoms with Gasteiger partial charge >= 0.3 is 0 Å². The van der Waals surface area contributed by atoms with Gasteiger partial charge in [0.05, 0.1) is 11.1 Å². The molecule has 1 aliphatic rings. The molecule has 0 radical (unpaired) electrons. The molecule has 0 fully saturated rings. The van der Waals surface area contributed by atoms with Gasteiger partial charge in [0.25, 0.3) is 17.7 Å². The molecule has 0 saturated heterocycles. The quantitative estimate of drug-likeness (QED) is 0.595. The van der Waals surface area contributed by atoms with Crippen LogP contribution in [0.3, 0.4) is 0 Å². The molecule has 6 heteroatoms. The van der Waals surface area contributed by atoms with Crippen LogP contribution in [0.1, 0.15) is 56.4 Å². The van der Waals surface area contributed by atoms with Crippen LogP contribution in [0.15, 0.2) is 41.3 Å². The van der Waals surface area contributed by atoms with Crippen molar-refractivity contribution in [2.45, 2.75) is 31.6 Å². The first-order valence-corrected chi connectivity index (χ1v) is 10.1. The number of anilines is 1. The van der Waals surface area contributed by atoms with Gasteiger partial charge in [-0.15, -0.1) is 11.8 Å². The maximum atomic E-state index is 12.7. The molecule has 140 valence electrons. The average molecular weight is 382 g/mol. The van der Waals surface area contributed by atoms with Crippen molar-refractivity contribution in [3.63, 3.8) is 0 Å². The molecule has 1 heterocycles. The third kappa shape index (κ3) is 3.76. The molecule has 0 bridgehead atoms. The summed E-state index contributed by atoms with van der Waals surface area (Å²) in [6, 6.07) is 10.6. The van der Waals surface area contributed by atoms with E-state index in [0.717, 1.165) is 29.0 Å². The zero-order valence-electron chi connectivity index (χ0n) is 15.7. The standard InChI is InChI=1S/C21H22N2O3S/c1-4-5-10-23-20(25)16-9-7-14(11-17(16)21(23)26)19(24)22-18-12-15(27-3)8-6-13(18)2/h6-9,11-12H,4-5,10H2,1-3H3,(H,22,24). The SMILES string of the molecule is CCCCN1C(=O)c2ccc(C(=O)Nc3cc(SC)ccc3C)cc2C1=O. The first-order valence-electron chi connectivity index (χ1n) is 8.92. The highest BCUT2D eigenvalue weighted by Gasteiger charge is 2.35. The number of imide groups is 1. The highest BCUT2D eigenvalue weighted by molar-refractivity contribution is 7.98. The van der Waals surface area contributed by atoms with E-state index in [4.69, 9.17) is 0 Å². The molecule has 0 spiro atoms. The van der Waals surface area contributed by atoms with Crippen molar-refractivity contribution in [3.05, 3.63) is 58.7 Å². The fraction of sp³-hybridized carbons (Fsp3) is 0.286. The minimum atomic E-state index is -0.321. The predicted octanol–water partition coefficient (Wildman–Crippen LogP) is 4.37. The maximum absolute atomic E-state index is 12.7. The lowest BCUT2D eigenvalue weighted by molar-refractivity contribution is 0.0652. The Morgan fingerprint density at radius 2 is 1.81 bits per heavy atom. The molecule has 2 aromatic carbocycles. The largest absolute Gasteiger partial charge is 0.322 e. The molecule has 27 heavy (non-hydrogen) atoms. The van der Waals surface area contributed by atoms with Crippen LogP contribution in [0.4, 0.5) is 5.69 Å². The molecule has 5 nitrogen and oxygen atoms in total. The molecule has 0 atom stereocenters. The van der Waals surface area contributed by atoms with E-state index in [1.807, 2.05) is 38.3 Å². The summed E-state index contributed by atoms with van der Waals surface area (Å²) in [5.74, 6) is -0.899. The highest BCUT2D eigenvalue weighted by Crippen LogP contribution is 2.26. The number of thioether (sulfide) groups is 1. The topological polar surface area (TPSA) is 66.5 Å². The predicted molar refractivity (Wildman–Crippen MR) is 108 cm³/mol. The van der Waals surface area contributed by atoms with Gasteiger partial charge in [0, 0.05) is 22.7 Å². The second-order valence-electron chi connectivity index (χ2n) is 6.51. The van der Waals surface area contributed by atoms with Gasteiger partial charge in [-0.05, 0) is 55.5 Å². The first-order chi connectivity index (χ1) is 13.0. The third-order valence-corrected chi connectivity index (χ3v) is 5.39. The Morgan fingerprint density at radius 1 is 1.07 bits per heavy atom. The van der Waals surface area contributed by atoms with Crippen LogP contribution in [-0.4, -0.2) is 35.4 Å². The number of aryl methyl sites for hydroxylation is 1. The molecule has 2 aromatic rings. The van der Waals surface area contributed by atoms with Crippen LogP contribution in [0.2, 0.25) is 0 Å². The smallest absolute Gasteiger partial charge is 0.261 e. The summed E-state index contributed by atoms with van der Waals surface area (Å²) in [5.41, 5.74) is 2.73. The lowest BCUT2D eigenvalue weighted by Gasteiger charge is -2.12. The molecule has 3 amide bonds. The third-order valence-electron chi connectivity index (χ3n) is 4.66. The Bertz CT molecular complexity index is 924. The average Bonchev–Trinajstić information content (AvgIpc) is 2.91. The van der Waals surface area contributed by atoms with Crippen molar-refractivity contribution in [1.29, 1.82) is 0 Å². The fourth-order valence-corrected chi connectivity index (χ4v) is 3.45. The van der Waals surface area contributed by atoms with Crippen LogP contribution < -0.4 is 5.32 Å². The lowest BCUT2D eigenvalue weighted by Crippen LogP contribution is -2.30. The van der Waals surface area contributed by atoms with E-state index in [1.165, 1.54) is 11.0 Å². The lowest BCUT2D eigenvalue weighted by atomic mass is 10.0. The number of nitrogens with one attached hydrogen (secondary N) is 1. The van der Waals surface area contributed by atoms with Crippen LogP contribution >= 0.6 is 11.8 Å². The number of unbranched alkanes of at least 4 members (excludes halogenated alkanes) is 1. The number of carbonyl (C=O) groups excluding carboxylic acids is 3. The van der Waals surface area contributed by atoms with Crippen molar-refractivity contribution in [3.8, 4) is 0 Å². The van der Waals surface area contributed by atoms with E-state index in [0.29, 0.717) is 23.2 Å². The van der Waals surface area contributed by atoms with E-state index in [9.17, 15) is 14.4 Å². The maximum Gasteiger partial charge on any atom is 0.261 e. The molecule has 0 aliphatic carbocycles. The number of benzene rings is 2. The van der Waals surface area contributed by atoms with E-state index >= 15 is 0 Å². The number of rotatable bonds is 6. The van der Waals surface area contributed by atoms with Crippen molar-refractivity contribution in [1.82, 2.24) is 4.90 Å². The zero-order valence-corrected chi connectivity index (χ0v) is 16.5. The number of amides is 3. The van der Waals surface area contributed by atoms with E-state index in [2.05, 4.69) is 5.32 Å². The summed E-state index contributed by atoms with van der Waals surface area (Å²) in [4.78, 5) is 40.0. The summed E-state index contributed by atoms with van der Waals surface area (Å²) in [5, 5.41) is 2.90. The molecular formula is C21H22N2O3S. The number of fused-ring (bicyclic) bond motifs is 1. The molecule has 0 unspecified atom stereocenters. The second kappa shape index (κ2) is 7.96. The number of carbonyl (C=O) groups is 3. The normalized spacial score (nSPS) is 13.1. The number of hydrogen-bond acceptors (Lipinski definition) is 4. The molecular weight excluding hydrogens is 360 g/mol. The summed E-state index contributed by atoms with van der Waals surface area (Å²) in [6.45, 7) is 4.34. The fourth-order valence-electron chi connectivity index (χ4n) is 3.01. The van der Waals surface area contributed by atoms with Gasteiger partial charge < -0.3 is 5.32 Å². The summed E-state index contributed by atoms with van der Waals surface area (Å²) < 4.78 is 0. The van der Waals surface area contributed by atoms with Gasteiger partial charge in [-0.2, -0.15) is 0 Å². The Morgan fingerprint density at radius 3 is 2.52 bits per heavy atom. The van der Waals surface area contributed by atoms with Gasteiger partial charge in [0.2, 0.25) is 0 Å². The van der Waals surface area contributed by atoms with E-state index < -0.39 is 0 Å². The Labute approximate surface area is 163 Å². The van der Waals surface area contributed by atoms with Gasteiger partial charge in [-0.1, -0.05) is 19.4 Å². The molecule has 1 N–H and O–H groups in total. The van der Waals surface area contributed by atoms with Gasteiger partial charge in [0.15, 0.2) is 0 Å². The Hall–Kier alpha value is -2.60. The van der Waals surface area contributed by atoms with Crippen LogP contribution in [0.25, 0.3) is 0 Å². The van der Waals surface area contributed by atoms with Gasteiger partial charge in [0.1, 0.15) is 0 Å². The van der Waals surface area contributed by atoms with Crippen molar-refractivity contribution in [2.75, 3.05) is 18.1 Å². The van der Waals surface area contributed by atoms with Crippen molar-refractivity contribution < 1.29 is 14.4 Å². The summed E-state index contributed by atoms with van der Waals surface area (Å²) >= 11 is 1.60. The molecule has 0 saturated carbocycles. The van der Waals surface area contributed by atoms with Crippen molar-refractivity contribution in [2.24, 2.45) is 0 Å². The minimum Gasteiger partial charge on any atom is -0.322 e.